The maximum Gasteiger partial charge on any atom is 0.173 e. The molecule has 25 heavy (non-hydrogen) atoms. The minimum atomic E-state index is -0.169. The Morgan fingerprint density at radius 3 is 3.08 bits per heavy atom. The maximum absolute atomic E-state index is 6.26. The minimum absolute atomic E-state index is 0.169. The SMILES string of the molecule is COCc1cn(N2C=NC3c4ccccc4N4CN(Cl)C=C4N32)nn1. The molecule has 1 aromatic heterocycles. The first kappa shape index (κ1) is 14.6. The van der Waals surface area contributed by atoms with Gasteiger partial charge >= 0.3 is 0 Å². The van der Waals surface area contributed by atoms with Crippen molar-refractivity contribution in [2.24, 2.45) is 4.99 Å². The summed E-state index contributed by atoms with van der Waals surface area (Å²) < 4.78 is 6.74. The van der Waals surface area contributed by atoms with Crippen molar-refractivity contribution >= 4 is 23.8 Å². The molecule has 0 radical (unpaired) electrons. The number of hydrazine groups is 1. The van der Waals surface area contributed by atoms with Crippen LogP contribution in [0.1, 0.15) is 17.4 Å². The second-order valence-electron chi connectivity index (χ2n) is 5.88. The Hall–Kier alpha value is -2.78. The van der Waals surface area contributed by atoms with Crippen molar-refractivity contribution in [3.63, 3.8) is 0 Å². The van der Waals surface area contributed by atoms with Gasteiger partial charge in [0, 0.05) is 24.4 Å². The van der Waals surface area contributed by atoms with Gasteiger partial charge in [-0.1, -0.05) is 18.2 Å². The van der Waals surface area contributed by atoms with E-state index in [1.54, 1.807) is 22.7 Å². The van der Waals surface area contributed by atoms with Gasteiger partial charge in [0.05, 0.1) is 24.7 Å². The molecule has 1 unspecified atom stereocenters. The summed E-state index contributed by atoms with van der Waals surface area (Å²) in [6.07, 6.45) is 5.28. The quantitative estimate of drug-likeness (QED) is 0.768. The number of aromatic nitrogens is 3. The Kier molecular flexibility index (Phi) is 3.12. The molecular formula is C15H15ClN8O. The molecule has 0 saturated heterocycles. The molecule has 0 saturated carbocycles. The molecule has 5 rings (SSSR count). The number of benzene rings is 1. The Morgan fingerprint density at radius 2 is 2.20 bits per heavy atom. The lowest BCUT2D eigenvalue weighted by Gasteiger charge is -2.41. The van der Waals surface area contributed by atoms with E-state index in [0.717, 1.165) is 22.8 Å². The zero-order valence-electron chi connectivity index (χ0n) is 13.4. The van der Waals surface area contributed by atoms with E-state index in [0.29, 0.717) is 13.3 Å². The minimum Gasteiger partial charge on any atom is -0.378 e. The van der Waals surface area contributed by atoms with Crippen molar-refractivity contribution < 1.29 is 4.74 Å². The van der Waals surface area contributed by atoms with Gasteiger partial charge in [-0.2, -0.15) is 5.12 Å². The smallest absolute Gasteiger partial charge is 0.173 e. The van der Waals surface area contributed by atoms with Crippen molar-refractivity contribution in [2.45, 2.75) is 12.8 Å². The van der Waals surface area contributed by atoms with E-state index < -0.39 is 0 Å². The Labute approximate surface area is 149 Å². The molecule has 2 aromatic rings. The number of rotatable bonds is 3. The fourth-order valence-electron chi connectivity index (χ4n) is 3.33. The standard InChI is InChI=1S/C15H15ClN8O/c1-25-8-11-6-22(19-18-11)23-9-17-15-12-4-2-3-5-13(12)21-10-20(16)7-14(21)24(15)23/h2-7,9,15H,8,10H2,1H3. The lowest BCUT2D eigenvalue weighted by atomic mass is 10.1. The summed E-state index contributed by atoms with van der Waals surface area (Å²) in [7, 11) is 1.63. The molecular weight excluding hydrogens is 344 g/mol. The second kappa shape index (κ2) is 5.36. The number of fused-ring (bicyclic) bond motifs is 6. The molecule has 3 aliphatic heterocycles. The number of ether oxygens (including phenoxy) is 1. The number of nitrogens with zero attached hydrogens (tertiary/aromatic N) is 8. The van der Waals surface area contributed by atoms with Crippen LogP contribution in [0.15, 0.2) is 47.5 Å². The van der Waals surface area contributed by atoms with Gasteiger partial charge in [-0.05, 0) is 11.3 Å². The zero-order valence-corrected chi connectivity index (χ0v) is 14.2. The van der Waals surface area contributed by atoms with Gasteiger partial charge in [-0.3, -0.25) is 4.42 Å². The highest BCUT2D eigenvalue weighted by Crippen LogP contribution is 2.45. The topological polar surface area (TPSA) is 65.3 Å². The molecule has 1 aromatic carbocycles. The summed E-state index contributed by atoms with van der Waals surface area (Å²) in [5.41, 5.74) is 2.96. The van der Waals surface area contributed by atoms with Crippen molar-refractivity contribution in [3.8, 4) is 0 Å². The number of halogens is 1. The van der Waals surface area contributed by atoms with Gasteiger partial charge in [0.15, 0.2) is 12.0 Å². The fraction of sp³-hybridized carbons (Fsp3) is 0.267. The van der Waals surface area contributed by atoms with E-state index in [4.69, 9.17) is 16.5 Å². The summed E-state index contributed by atoms with van der Waals surface area (Å²) in [4.78, 5) is 8.46. The van der Waals surface area contributed by atoms with Crippen molar-refractivity contribution in [1.29, 1.82) is 0 Å². The summed E-state index contributed by atoms with van der Waals surface area (Å²) in [5, 5.41) is 12.2. The monoisotopic (exact) mass is 358 g/mol. The molecule has 4 heterocycles. The van der Waals surface area contributed by atoms with Gasteiger partial charge in [0.2, 0.25) is 0 Å². The van der Waals surface area contributed by atoms with Crippen LogP contribution < -0.4 is 10.0 Å². The predicted molar refractivity (Wildman–Crippen MR) is 91.6 cm³/mol. The van der Waals surface area contributed by atoms with Gasteiger partial charge in [0.1, 0.15) is 18.7 Å². The van der Waals surface area contributed by atoms with E-state index in [1.807, 2.05) is 34.7 Å². The van der Waals surface area contributed by atoms with Crippen LogP contribution in [-0.4, -0.2) is 44.6 Å². The average molecular weight is 359 g/mol. The first-order valence-corrected chi connectivity index (χ1v) is 8.13. The molecule has 0 amide bonds. The number of anilines is 1. The summed E-state index contributed by atoms with van der Waals surface area (Å²) >= 11 is 6.26. The van der Waals surface area contributed by atoms with Crippen LogP contribution in [0.25, 0.3) is 0 Å². The van der Waals surface area contributed by atoms with Gasteiger partial charge < -0.3 is 9.64 Å². The zero-order chi connectivity index (χ0) is 17.0. The predicted octanol–water partition coefficient (Wildman–Crippen LogP) is 1.37. The van der Waals surface area contributed by atoms with Crippen molar-refractivity contribution in [2.75, 3.05) is 23.8 Å². The third kappa shape index (κ3) is 2.09. The molecule has 0 fully saturated rings. The average Bonchev–Trinajstić information content (AvgIpc) is 3.32. The largest absolute Gasteiger partial charge is 0.378 e. The Morgan fingerprint density at radius 1 is 1.32 bits per heavy atom. The van der Waals surface area contributed by atoms with Crippen molar-refractivity contribution in [1.82, 2.24) is 24.5 Å². The number of para-hydroxylation sites is 1. The molecule has 9 nitrogen and oxygen atoms in total. The van der Waals surface area contributed by atoms with E-state index >= 15 is 0 Å². The van der Waals surface area contributed by atoms with Gasteiger partial charge in [0.25, 0.3) is 0 Å². The van der Waals surface area contributed by atoms with Crippen LogP contribution >= 0.6 is 11.8 Å². The molecule has 3 aliphatic rings. The highest BCUT2D eigenvalue weighted by Gasteiger charge is 2.44. The van der Waals surface area contributed by atoms with Crippen LogP contribution in [-0.2, 0) is 11.3 Å². The lowest BCUT2D eigenvalue weighted by Crippen LogP contribution is -2.51. The second-order valence-corrected chi connectivity index (χ2v) is 6.32. The highest BCUT2D eigenvalue weighted by atomic mass is 35.5. The first-order valence-electron chi connectivity index (χ1n) is 7.79. The first-order chi connectivity index (χ1) is 12.3. The molecule has 0 bridgehead atoms. The lowest BCUT2D eigenvalue weighted by molar-refractivity contribution is 0.181. The van der Waals surface area contributed by atoms with Crippen LogP contribution in [0.2, 0.25) is 0 Å². The van der Waals surface area contributed by atoms with Gasteiger partial charge in [-0.25, -0.2) is 10.0 Å². The molecule has 1 atom stereocenters. The number of hydrogen-bond acceptors (Lipinski definition) is 8. The van der Waals surface area contributed by atoms with Crippen LogP contribution in [0.4, 0.5) is 5.69 Å². The molecule has 0 spiro atoms. The number of aliphatic imine (C=N–C) groups is 1. The van der Waals surface area contributed by atoms with E-state index in [-0.39, 0.29) is 6.17 Å². The Bertz CT molecular complexity index is 880. The van der Waals surface area contributed by atoms with E-state index in [2.05, 4.69) is 32.3 Å². The van der Waals surface area contributed by atoms with Crippen LogP contribution in [0.3, 0.4) is 0 Å². The third-order valence-electron chi connectivity index (χ3n) is 4.34. The van der Waals surface area contributed by atoms with Crippen LogP contribution in [0, 0.1) is 0 Å². The highest BCUT2D eigenvalue weighted by molar-refractivity contribution is 6.14. The number of methoxy groups -OCH3 is 1. The Balaban J connectivity index is 1.58. The number of hydrogen-bond donors (Lipinski definition) is 0. The summed E-state index contributed by atoms with van der Waals surface area (Å²) in [6.45, 7) is 0.971. The third-order valence-corrected chi connectivity index (χ3v) is 4.55. The molecule has 0 N–H and O–H groups in total. The summed E-state index contributed by atoms with van der Waals surface area (Å²) in [5.74, 6) is 0.931. The molecule has 10 heteroatoms. The van der Waals surface area contributed by atoms with Crippen molar-refractivity contribution in [3.05, 3.63) is 53.7 Å². The fourth-order valence-corrected chi connectivity index (χ4v) is 3.52. The maximum atomic E-state index is 6.26. The van der Waals surface area contributed by atoms with E-state index in [9.17, 15) is 0 Å². The normalized spacial score (nSPS) is 20.7. The van der Waals surface area contributed by atoms with Crippen LogP contribution in [0.5, 0.6) is 0 Å². The van der Waals surface area contributed by atoms with E-state index in [1.165, 1.54) is 0 Å². The summed E-state index contributed by atoms with van der Waals surface area (Å²) in [6, 6.07) is 8.21. The van der Waals surface area contributed by atoms with Gasteiger partial charge in [-0.15, -0.1) is 9.89 Å². The molecule has 0 aliphatic carbocycles. The molecule has 128 valence electrons.